The van der Waals surface area contributed by atoms with Crippen LogP contribution in [0, 0.1) is 0 Å². The van der Waals surface area contributed by atoms with Gasteiger partial charge in [-0.3, -0.25) is 9.80 Å². The molecule has 0 aliphatic carbocycles. The van der Waals surface area contributed by atoms with Crippen molar-refractivity contribution in [2.24, 2.45) is 5.73 Å². The number of rotatable bonds is 17. The summed E-state index contributed by atoms with van der Waals surface area (Å²) in [6.45, 7) is 11.9. The Morgan fingerprint density at radius 1 is 0.629 bits per heavy atom. The van der Waals surface area contributed by atoms with Crippen LogP contribution in [0.15, 0.2) is 99.3 Å². The second-order valence-electron chi connectivity index (χ2n) is 15.9. The average molecular weight is 981 g/mol. The molecule has 0 saturated carbocycles. The summed E-state index contributed by atoms with van der Waals surface area (Å²) in [7, 11) is -3.57. The topological polar surface area (TPSA) is 306 Å². The van der Waals surface area contributed by atoms with Gasteiger partial charge in [0.2, 0.25) is 39.3 Å². The largest absolute Gasteiger partial charge is 0.492 e. The molecule has 2 saturated heterocycles. The number of hydrogen-bond acceptors (Lipinski definition) is 22. The van der Waals surface area contributed by atoms with E-state index in [9.17, 15) is 8.42 Å². The molecule has 0 unspecified atom stereocenters. The maximum atomic E-state index is 11.4. The molecular weight excluding hydrogens is 925 g/mol. The number of nitrogens with two attached hydrogens (primary N) is 3. The van der Waals surface area contributed by atoms with Crippen molar-refractivity contribution in [1.82, 2.24) is 58.9 Å². The summed E-state index contributed by atoms with van der Waals surface area (Å²) in [5.41, 5.74) is 19.6. The molecule has 24 nitrogen and oxygen atoms in total. The third kappa shape index (κ3) is 13.7. The third-order valence-corrected chi connectivity index (χ3v) is 11.6. The van der Waals surface area contributed by atoms with Crippen molar-refractivity contribution in [2.75, 3.05) is 115 Å². The van der Waals surface area contributed by atoms with Crippen molar-refractivity contribution in [3.05, 3.63) is 96.4 Å². The van der Waals surface area contributed by atoms with Crippen LogP contribution in [0.25, 0.3) is 34.7 Å². The van der Waals surface area contributed by atoms with Gasteiger partial charge in [-0.05, 0) is 79.0 Å². The second-order valence-corrected chi connectivity index (χ2v) is 17.8. The fraction of sp³-hybridized carbons (Fsp3) is 0.378. The molecule has 0 atom stereocenters. The minimum atomic E-state index is -3.57. The van der Waals surface area contributed by atoms with Crippen LogP contribution < -0.4 is 32.0 Å². The summed E-state index contributed by atoms with van der Waals surface area (Å²) in [5, 5.41) is 11.1. The number of furan rings is 2. The smallest absolute Gasteiger partial charge is 0.259 e. The first kappa shape index (κ1) is 49.1. The summed E-state index contributed by atoms with van der Waals surface area (Å²) < 4.78 is 58.1. The highest BCUT2D eigenvalue weighted by Crippen LogP contribution is 2.20. The van der Waals surface area contributed by atoms with Crippen molar-refractivity contribution >= 4 is 39.2 Å². The molecule has 70 heavy (non-hydrogen) atoms. The van der Waals surface area contributed by atoms with Gasteiger partial charge in [-0.25, -0.2) is 8.42 Å². The van der Waals surface area contributed by atoms with Crippen molar-refractivity contribution in [1.29, 1.82) is 0 Å². The van der Waals surface area contributed by atoms with E-state index in [0.29, 0.717) is 48.8 Å². The SMILES string of the molecule is CS(=O)(=O)c1nc(N)n2nc(-c3ccco3)nc2n1.NCCc1ccc(OCCN2CCOCC2)cc1.Nc1nc(NCCc2ccc(OCCN3CCOCC3)cc2)nc2nc(-c3ccco3)nn12. The van der Waals surface area contributed by atoms with Crippen LogP contribution >= 0.6 is 0 Å². The number of benzene rings is 2. The lowest BCUT2D eigenvalue weighted by molar-refractivity contribution is 0.0321. The van der Waals surface area contributed by atoms with Crippen LogP contribution in [0.4, 0.5) is 17.8 Å². The number of nitrogens with one attached hydrogen (secondary N) is 1. The molecule has 2 aliphatic heterocycles. The van der Waals surface area contributed by atoms with Gasteiger partial charge in [-0.2, -0.15) is 38.9 Å². The molecule has 8 aromatic rings. The standard InChI is InChI=1S/C22H26N8O3.C14H22N2O2.C9H8N6O3S/c23-20-26-21(27-22-25-19(28-30(20)22)18-2-1-12-33-18)24-8-7-16-3-5-17(6-4-16)32-15-11-29-9-13-31-14-10-29;15-6-5-13-1-3-14(4-2-13)18-12-9-16-7-10-17-11-8-16;1-19(16,17)9-12-7(10)15-8(13-9)11-6(14-15)5-3-2-4-18-5/h1-6,12H,7-11,13-15H2,(H3,23,24,25,26,27,28);1-4H,5-12,15H2;2-4H,1H3,(H2,10,11,12,13,14). The number of hydrogen-bond donors (Lipinski definition) is 4. The Morgan fingerprint density at radius 3 is 1.59 bits per heavy atom. The highest BCUT2D eigenvalue weighted by Gasteiger charge is 2.19. The lowest BCUT2D eigenvalue weighted by atomic mass is 10.1. The molecule has 0 bridgehead atoms. The van der Waals surface area contributed by atoms with Gasteiger partial charge in [0, 0.05) is 52.1 Å². The predicted molar refractivity (Wildman–Crippen MR) is 258 cm³/mol. The second kappa shape index (κ2) is 23.8. The molecule has 0 amide bonds. The molecule has 2 aliphatic rings. The summed E-state index contributed by atoms with van der Waals surface area (Å²) in [4.78, 5) is 29.3. The summed E-state index contributed by atoms with van der Waals surface area (Å²) in [5.74, 6) is 4.32. The first-order chi connectivity index (χ1) is 34.1. The normalized spacial score (nSPS) is 14.4. The van der Waals surface area contributed by atoms with Crippen LogP contribution in [0.1, 0.15) is 11.1 Å². The van der Waals surface area contributed by atoms with Crippen molar-refractivity contribution in [3.8, 4) is 34.7 Å². The molecule has 10 rings (SSSR count). The molecule has 8 heterocycles. The van der Waals surface area contributed by atoms with E-state index in [-0.39, 0.29) is 23.5 Å². The number of anilines is 3. The fourth-order valence-electron chi connectivity index (χ4n) is 7.08. The minimum absolute atomic E-state index is 0.0410. The van der Waals surface area contributed by atoms with Gasteiger partial charge in [0.25, 0.3) is 16.7 Å². The molecule has 25 heteroatoms. The van der Waals surface area contributed by atoms with Crippen LogP contribution in [0.3, 0.4) is 0 Å². The highest BCUT2D eigenvalue weighted by atomic mass is 32.2. The number of ether oxygens (including phenoxy) is 4. The minimum Gasteiger partial charge on any atom is -0.492 e. The van der Waals surface area contributed by atoms with Crippen LogP contribution in [0.5, 0.6) is 11.5 Å². The first-order valence-corrected chi connectivity index (χ1v) is 24.5. The Labute approximate surface area is 403 Å². The molecule has 2 aromatic carbocycles. The summed E-state index contributed by atoms with van der Waals surface area (Å²) >= 11 is 0. The number of aromatic nitrogens is 10. The van der Waals surface area contributed by atoms with Gasteiger partial charge in [0.05, 0.1) is 39.0 Å². The summed E-state index contributed by atoms with van der Waals surface area (Å²) in [6, 6.07) is 23.2. The lowest BCUT2D eigenvalue weighted by Crippen LogP contribution is -2.38. The Morgan fingerprint density at radius 2 is 1.11 bits per heavy atom. The zero-order chi connectivity index (χ0) is 48.7. The molecule has 7 N–H and O–H groups in total. The predicted octanol–water partition coefficient (Wildman–Crippen LogP) is 2.39. The van der Waals surface area contributed by atoms with Crippen molar-refractivity contribution < 1.29 is 36.2 Å². The van der Waals surface area contributed by atoms with Crippen molar-refractivity contribution in [3.63, 3.8) is 0 Å². The fourth-order valence-corrected chi connectivity index (χ4v) is 7.59. The van der Waals surface area contributed by atoms with Gasteiger partial charge in [0.15, 0.2) is 11.5 Å². The Bertz CT molecular complexity index is 2960. The molecule has 0 radical (unpaired) electrons. The molecule has 2 fully saturated rings. The van der Waals surface area contributed by atoms with Crippen molar-refractivity contribution in [2.45, 2.75) is 18.0 Å². The molecule has 6 aromatic heterocycles. The van der Waals surface area contributed by atoms with E-state index in [4.69, 9.17) is 45.0 Å². The van der Waals surface area contributed by atoms with E-state index in [1.807, 2.05) is 24.3 Å². The van der Waals surface area contributed by atoms with E-state index in [2.05, 4.69) is 79.5 Å². The van der Waals surface area contributed by atoms with E-state index in [1.54, 1.807) is 30.5 Å². The van der Waals surface area contributed by atoms with Crippen LogP contribution in [-0.2, 0) is 32.2 Å². The van der Waals surface area contributed by atoms with E-state index < -0.39 is 15.0 Å². The Kier molecular flexibility index (Phi) is 16.7. The Balaban J connectivity index is 0.000000152. The van der Waals surface area contributed by atoms with Gasteiger partial charge in [-0.1, -0.05) is 24.3 Å². The van der Waals surface area contributed by atoms with Gasteiger partial charge in [0.1, 0.15) is 24.7 Å². The third-order valence-electron chi connectivity index (χ3n) is 10.8. The number of fused-ring (bicyclic) bond motifs is 2. The zero-order valence-corrected chi connectivity index (χ0v) is 39.5. The van der Waals surface area contributed by atoms with Crippen LogP contribution in [-0.4, -0.2) is 166 Å². The molecular formula is C45H56N16O8S. The quantitative estimate of drug-likeness (QED) is 0.102. The first-order valence-electron chi connectivity index (χ1n) is 22.6. The van der Waals surface area contributed by atoms with E-state index in [0.717, 1.165) is 107 Å². The van der Waals surface area contributed by atoms with E-state index >= 15 is 0 Å². The molecule has 370 valence electrons. The number of nitrogen functional groups attached to an aromatic ring is 2. The maximum Gasteiger partial charge on any atom is 0.259 e. The monoisotopic (exact) mass is 980 g/mol. The Hall–Kier alpha value is -7.29. The summed E-state index contributed by atoms with van der Waals surface area (Å²) in [6.07, 6.45) is 5.74. The van der Waals surface area contributed by atoms with Crippen LogP contribution in [0.2, 0.25) is 0 Å². The van der Waals surface area contributed by atoms with E-state index in [1.165, 1.54) is 21.9 Å². The number of morpholine rings is 2. The number of nitrogens with zero attached hydrogens (tertiary/aromatic N) is 12. The van der Waals surface area contributed by atoms with Gasteiger partial charge < -0.3 is 50.3 Å². The van der Waals surface area contributed by atoms with Gasteiger partial charge >= 0.3 is 0 Å². The average Bonchev–Trinajstić information content (AvgIpc) is 4.22. The molecule has 0 spiro atoms. The zero-order valence-electron chi connectivity index (χ0n) is 38.7. The number of sulfone groups is 1. The van der Waals surface area contributed by atoms with Gasteiger partial charge in [-0.15, -0.1) is 10.2 Å². The maximum absolute atomic E-state index is 11.4. The lowest BCUT2D eigenvalue weighted by Gasteiger charge is -2.26. The highest BCUT2D eigenvalue weighted by molar-refractivity contribution is 7.90.